The zero-order chi connectivity index (χ0) is 15.7. The van der Waals surface area contributed by atoms with Crippen LogP contribution in [0.2, 0.25) is 0 Å². The van der Waals surface area contributed by atoms with Crippen LogP contribution in [0.4, 0.5) is 0 Å². The molecular formula is C20H29P. The summed E-state index contributed by atoms with van der Waals surface area (Å²) in [5.74, 6) is 0.864. The lowest BCUT2D eigenvalue weighted by Crippen LogP contribution is -2.01. The minimum atomic E-state index is 0.864. The summed E-state index contributed by atoms with van der Waals surface area (Å²) >= 11 is 0. The molecule has 0 nitrogen and oxygen atoms in total. The normalized spacial score (nSPS) is 10.2. The Morgan fingerprint density at radius 2 is 1.19 bits per heavy atom. The molecular weight excluding hydrogens is 271 g/mol. The van der Waals surface area contributed by atoms with Crippen LogP contribution in [0.25, 0.3) is 0 Å². The molecule has 1 atom stereocenters. The minimum absolute atomic E-state index is 0.864. The number of aryl methyl sites for hydroxylation is 2. The van der Waals surface area contributed by atoms with Crippen LogP contribution in [0, 0.1) is 19.8 Å². The molecule has 0 amide bonds. The highest BCUT2D eigenvalue weighted by molar-refractivity contribution is 7.27. The molecule has 0 saturated heterocycles. The molecule has 0 radical (unpaired) electrons. The Bertz CT molecular complexity index is 471. The van der Waals surface area contributed by atoms with Crippen molar-refractivity contribution in [2.24, 2.45) is 5.92 Å². The van der Waals surface area contributed by atoms with E-state index in [4.69, 9.17) is 0 Å². The largest absolute Gasteiger partial charge is 0.106 e. The van der Waals surface area contributed by atoms with Gasteiger partial charge in [0.05, 0.1) is 0 Å². The summed E-state index contributed by atoms with van der Waals surface area (Å²) < 4.78 is 0. The van der Waals surface area contributed by atoms with Crippen LogP contribution in [0.1, 0.15) is 43.4 Å². The zero-order valence-corrected chi connectivity index (χ0v) is 15.0. The molecule has 114 valence electrons. The maximum atomic E-state index is 2.65. The number of rotatable bonds is 4. The minimum Gasteiger partial charge on any atom is -0.106 e. The summed E-state index contributed by atoms with van der Waals surface area (Å²) in [4.78, 5) is 0. The molecule has 1 unspecified atom stereocenters. The Labute approximate surface area is 133 Å². The third-order valence-corrected chi connectivity index (χ3v) is 4.26. The fourth-order valence-corrected chi connectivity index (χ4v) is 2.39. The maximum absolute atomic E-state index is 2.65. The highest BCUT2D eigenvalue weighted by Crippen LogP contribution is 2.15. The van der Waals surface area contributed by atoms with E-state index >= 15 is 0 Å². The van der Waals surface area contributed by atoms with E-state index in [0.717, 1.165) is 5.92 Å². The number of benzene rings is 2. The predicted octanol–water partition coefficient (Wildman–Crippen LogP) is 5.47. The van der Waals surface area contributed by atoms with E-state index in [1.54, 1.807) is 0 Å². The van der Waals surface area contributed by atoms with Crippen molar-refractivity contribution in [2.75, 3.05) is 0 Å². The summed E-state index contributed by atoms with van der Waals surface area (Å²) in [5.41, 5.74) is 4.16. The molecule has 0 aliphatic rings. The number of hydrogen-bond acceptors (Lipinski definition) is 0. The standard InChI is InChI=1S/C13H20.C7H9P/c1-4-12(5-2)10-13-8-6-11(3)7-9-13;1-6-2-4-7(8)5-3-6/h6-9,12H,4-5,10H2,1-3H3;2-5H,8H2,1H3. The van der Waals surface area contributed by atoms with Gasteiger partial charge in [0.15, 0.2) is 0 Å². The van der Waals surface area contributed by atoms with Gasteiger partial charge in [-0.2, -0.15) is 0 Å². The van der Waals surface area contributed by atoms with E-state index in [1.807, 2.05) is 0 Å². The van der Waals surface area contributed by atoms with Gasteiger partial charge in [-0.15, -0.1) is 9.24 Å². The van der Waals surface area contributed by atoms with Gasteiger partial charge in [-0.1, -0.05) is 86.3 Å². The smallest absolute Gasteiger partial charge is 0.0251 e. The fourth-order valence-electron chi connectivity index (χ4n) is 2.20. The molecule has 0 N–H and O–H groups in total. The average Bonchev–Trinajstić information content (AvgIpc) is 2.50. The lowest BCUT2D eigenvalue weighted by atomic mass is 9.94. The van der Waals surface area contributed by atoms with E-state index < -0.39 is 0 Å². The molecule has 0 aromatic heterocycles. The van der Waals surface area contributed by atoms with Crippen molar-refractivity contribution in [3.05, 3.63) is 65.2 Å². The van der Waals surface area contributed by atoms with Gasteiger partial charge in [0.1, 0.15) is 0 Å². The summed E-state index contributed by atoms with van der Waals surface area (Å²) in [6, 6.07) is 17.3. The fraction of sp³-hybridized carbons (Fsp3) is 0.400. The monoisotopic (exact) mass is 300 g/mol. The van der Waals surface area contributed by atoms with E-state index in [-0.39, 0.29) is 0 Å². The van der Waals surface area contributed by atoms with E-state index in [9.17, 15) is 0 Å². The van der Waals surface area contributed by atoms with Gasteiger partial charge in [0.25, 0.3) is 0 Å². The first-order chi connectivity index (χ1) is 10.0. The van der Waals surface area contributed by atoms with Gasteiger partial charge < -0.3 is 0 Å². The first kappa shape index (κ1) is 17.9. The Balaban J connectivity index is 0.000000235. The molecule has 0 bridgehead atoms. The van der Waals surface area contributed by atoms with Crippen LogP contribution in [0.5, 0.6) is 0 Å². The first-order valence-corrected chi connectivity index (χ1v) is 8.50. The van der Waals surface area contributed by atoms with Crippen LogP contribution in [-0.4, -0.2) is 0 Å². The summed E-state index contributed by atoms with van der Waals surface area (Å²) in [6.45, 7) is 8.79. The van der Waals surface area contributed by atoms with Crippen molar-refractivity contribution < 1.29 is 0 Å². The molecule has 0 spiro atoms. The first-order valence-electron chi connectivity index (χ1n) is 7.92. The second-order valence-electron chi connectivity index (χ2n) is 5.78. The Morgan fingerprint density at radius 1 is 0.762 bits per heavy atom. The van der Waals surface area contributed by atoms with Crippen molar-refractivity contribution in [2.45, 2.75) is 47.0 Å². The molecule has 2 aromatic rings. The second kappa shape index (κ2) is 9.74. The zero-order valence-electron chi connectivity index (χ0n) is 13.9. The number of hydrogen-bond donors (Lipinski definition) is 0. The summed E-state index contributed by atoms with van der Waals surface area (Å²) in [7, 11) is 2.65. The van der Waals surface area contributed by atoms with Crippen LogP contribution in [-0.2, 0) is 6.42 Å². The van der Waals surface area contributed by atoms with Gasteiger partial charge in [-0.3, -0.25) is 0 Å². The third kappa shape index (κ3) is 7.44. The average molecular weight is 300 g/mol. The van der Waals surface area contributed by atoms with Crippen LogP contribution >= 0.6 is 9.24 Å². The SMILES string of the molecule is CCC(CC)Cc1ccc(C)cc1.Cc1ccc(P)cc1. The molecule has 0 aliphatic carbocycles. The molecule has 0 fully saturated rings. The van der Waals surface area contributed by atoms with Gasteiger partial charge in [-0.05, 0) is 37.1 Å². The van der Waals surface area contributed by atoms with Crippen molar-refractivity contribution >= 4 is 14.5 Å². The molecule has 2 aromatic carbocycles. The van der Waals surface area contributed by atoms with Crippen molar-refractivity contribution in [3.8, 4) is 0 Å². The summed E-state index contributed by atoms with van der Waals surface area (Å²) in [6.07, 6.45) is 3.84. The second-order valence-corrected chi connectivity index (χ2v) is 6.45. The van der Waals surface area contributed by atoms with E-state index in [1.165, 1.54) is 41.3 Å². The Morgan fingerprint density at radius 3 is 1.57 bits per heavy atom. The Hall–Kier alpha value is -1.13. The van der Waals surface area contributed by atoms with Crippen molar-refractivity contribution in [3.63, 3.8) is 0 Å². The highest BCUT2D eigenvalue weighted by atomic mass is 31.0. The molecule has 2 rings (SSSR count). The van der Waals surface area contributed by atoms with Gasteiger partial charge in [0.2, 0.25) is 0 Å². The van der Waals surface area contributed by atoms with Crippen LogP contribution in [0.3, 0.4) is 0 Å². The van der Waals surface area contributed by atoms with Gasteiger partial charge in [-0.25, -0.2) is 0 Å². The third-order valence-electron chi connectivity index (χ3n) is 3.88. The lowest BCUT2D eigenvalue weighted by Gasteiger charge is -2.11. The van der Waals surface area contributed by atoms with Crippen molar-refractivity contribution in [1.82, 2.24) is 0 Å². The van der Waals surface area contributed by atoms with E-state index in [2.05, 4.69) is 85.5 Å². The molecule has 21 heavy (non-hydrogen) atoms. The lowest BCUT2D eigenvalue weighted by molar-refractivity contribution is 0.490. The molecule has 1 heteroatoms. The highest BCUT2D eigenvalue weighted by Gasteiger charge is 2.03. The maximum Gasteiger partial charge on any atom is -0.0251 e. The Kier molecular flexibility index (Phi) is 8.31. The van der Waals surface area contributed by atoms with Gasteiger partial charge in [0, 0.05) is 0 Å². The quantitative estimate of drug-likeness (QED) is 0.657. The van der Waals surface area contributed by atoms with E-state index in [0.29, 0.717) is 0 Å². The van der Waals surface area contributed by atoms with Crippen LogP contribution in [0.15, 0.2) is 48.5 Å². The molecule has 0 aliphatic heterocycles. The molecule has 0 heterocycles. The van der Waals surface area contributed by atoms with Gasteiger partial charge >= 0.3 is 0 Å². The van der Waals surface area contributed by atoms with Crippen LogP contribution < -0.4 is 5.30 Å². The summed E-state index contributed by atoms with van der Waals surface area (Å²) in [5, 5.41) is 1.25. The van der Waals surface area contributed by atoms with Crippen molar-refractivity contribution in [1.29, 1.82) is 0 Å². The topological polar surface area (TPSA) is 0 Å². The predicted molar refractivity (Wildman–Crippen MR) is 99.5 cm³/mol. The molecule has 0 saturated carbocycles.